The molecule has 0 bridgehead atoms. The number of methoxy groups -OCH3 is 1. The van der Waals surface area contributed by atoms with Gasteiger partial charge in [-0.15, -0.1) is 0 Å². The van der Waals surface area contributed by atoms with E-state index in [4.69, 9.17) is 5.11 Å². The zero-order valence-electron chi connectivity index (χ0n) is 6.80. The summed E-state index contributed by atoms with van der Waals surface area (Å²) in [6, 6.07) is 0. The van der Waals surface area contributed by atoms with E-state index in [1.165, 1.54) is 14.0 Å². The van der Waals surface area contributed by atoms with Gasteiger partial charge in [-0.05, 0) is 6.92 Å². The van der Waals surface area contributed by atoms with Crippen molar-refractivity contribution in [3.63, 3.8) is 0 Å². The number of phosphoric ester groups is 1. The lowest BCUT2D eigenvalue weighted by Gasteiger charge is -2.30. The SMILES string of the molecule is COC(COP(=O)([O-])[O-])C(C)O. The van der Waals surface area contributed by atoms with Crippen LogP contribution < -0.4 is 9.79 Å². The second kappa shape index (κ2) is 4.91. The predicted octanol–water partition coefficient (Wildman–Crippen LogP) is -1.77. The topological polar surface area (TPSA) is 102 Å². The first-order valence-electron chi connectivity index (χ1n) is 3.24. The van der Waals surface area contributed by atoms with Gasteiger partial charge in [-0.2, -0.15) is 0 Å². The van der Waals surface area contributed by atoms with Crippen molar-refractivity contribution < 1.29 is 28.7 Å². The van der Waals surface area contributed by atoms with Crippen LogP contribution in [-0.2, 0) is 13.8 Å². The second-order valence-electron chi connectivity index (χ2n) is 2.26. The molecular formula is C5H11O6P-2. The number of ether oxygens (including phenoxy) is 1. The van der Waals surface area contributed by atoms with Crippen LogP contribution >= 0.6 is 7.82 Å². The molecule has 2 atom stereocenters. The smallest absolute Gasteiger partial charge is 0.106 e. The van der Waals surface area contributed by atoms with Crippen molar-refractivity contribution in [1.82, 2.24) is 0 Å². The monoisotopic (exact) mass is 198 g/mol. The van der Waals surface area contributed by atoms with Crippen LogP contribution in [0.5, 0.6) is 0 Å². The molecule has 0 heterocycles. The Morgan fingerprint density at radius 3 is 2.33 bits per heavy atom. The number of hydrogen-bond donors (Lipinski definition) is 1. The van der Waals surface area contributed by atoms with Crippen molar-refractivity contribution in [2.24, 2.45) is 0 Å². The van der Waals surface area contributed by atoms with Gasteiger partial charge in [0, 0.05) is 7.11 Å². The minimum atomic E-state index is -4.96. The fourth-order valence-electron chi connectivity index (χ4n) is 0.569. The quantitative estimate of drug-likeness (QED) is 0.524. The van der Waals surface area contributed by atoms with E-state index in [1.54, 1.807) is 0 Å². The lowest BCUT2D eigenvalue weighted by Crippen LogP contribution is -2.31. The summed E-state index contributed by atoms with van der Waals surface area (Å²) >= 11 is 0. The molecule has 0 aliphatic carbocycles. The Morgan fingerprint density at radius 2 is 2.08 bits per heavy atom. The van der Waals surface area contributed by atoms with E-state index in [1.807, 2.05) is 0 Å². The van der Waals surface area contributed by atoms with Gasteiger partial charge in [0.2, 0.25) is 0 Å². The van der Waals surface area contributed by atoms with Gasteiger partial charge < -0.3 is 28.7 Å². The summed E-state index contributed by atoms with van der Waals surface area (Å²) in [5.41, 5.74) is 0. The third-order valence-corrected chi connectivity index (χ3v) is 1.70. The molecule has 0 aromatic carbocycles. The molecule has 0 amide bonds. The van der Waals surface area contributed by atoms with Crippen LogP contribution in [0, 0.1) is 0 Å². The average molecular weight is 198 g/mol. The van der Waals surface area contributed by atoms with Crippen LogP contribution in [-0.4, -0.2) is 31.0 Å². The fraction of sp³-hybridized carbons (Fsp3) is 1.00. The molecule has 0 radical (unpaired) electrons. The molecule has 7 heteroatoms. The van der Waals surface area contributed by atoms with E-state index in [9.17, 15) is 14.4 Å². The molecule has 0 aromatic heterocycles. The van der Waals surface area contributed by atoms with E-state index in [0.29, 0.717) is 0 Å². The summed E-state index contributed by atoms with van der Waals surface area (Å²) < 4.78 is 18.5. The van der Waals surface area contributed by atoms with Gasteiger partial charge in [0.25, 0.3) is 0 Å². The second-order valence-corrected chi connectivity index (χ2v) is 3.41. The Balaban J connectivity index is 3.81. The van der Waals surface area contributed by atoms with Crippen molar-refractivity contribution >= 4 is 7.82 Å². The van der Waals surface area contributed by atoms with Crippen molar-refractivity contribution in [2.75, 3.05) is 13.7 Å². The van der Waals surface area contributed by atoms with Crippen molar-refractivity contribution in [2.45, 2.75) is 19.1 Å². The van der Waals surface area contributed by atoms with Crippen molar-refractivity contribution in [3.05, 3.63) is 0 Å². The number of hydrogen-bond acceptors (Lipinski definition) is 6. The summed E-state index contributed by atoms with van der Waals surface area (Å²) in [6.07, 6.45) is -1.69. The largest absolute Gasteiger partial charge is 0.790 e. The van der Waals surface area contributed by atoms with Gasteiger partial charge in [0.15, 0.2) is 0 Å². The highest BCUT2D eigenvalue weighted by Crippen LogP contribution is 2.25. The first-order valence-corrected chi connectivity index (χ1v) is 4.70. The highest BCUT2D eigenvalue weighted by atomic mass is 31.2. The first kappa shape index (κ1) is 12.0. The van der Waals surface area contributed by atoms with Crippen molar-refractivity contribution in [1.29, 1.82) is 0 Å². The first-order chi connectivity index (χ1) is 5.37. The number of aliphatic hydroxyl groups is 1. The minimum Gasteiger partial charge on any atom is -0.790 e. The summed E-state index contributed by atoms with van der Waals surface area (Å²) in [6.45, 7) is 0.941. The maximum Gasteiger partial charge on any atom is 0.106 e. The predicted molar refractivity (Wildman–Crippen MR) is 36.0 cm³/mol. The van der Waals surface area contributed by atoms with Crippen LogP contribution in [0.25, 0.3) is 0 Å². The molecule has 0 saturated heterocycles. The molecule has 0 aromatic rings. The average Bonchev–Trinajstić information content (AvgIpc) is 1.85. The van der Waals surface area contributed by atoms with Gasteiger partial charge in [-0.3, -0.25) is 0 Å². The fourth-order valence-corrected chi connectivity index (χ4v) is 0.898. The van der Waals surface area contributed by atoms with Gasteiger partial charge in [0.05, 0.1) is 20.5 Å². The zero-order chi connectivity index (χ0) is 9.78. The van der Waals surface area contributed by atoms with E-state index < -0.39 is 26.6 Å². The van der Waals surface area contributed by atoms with E-state index in [-0.39, 0.29) is 0 Å². The van der Waals surface area contributed by atoms with E-state index >= 15 is 0 Å². The van der Waals surface area contributed by atoms with Crippen LogP contribution in [0.4, 0.5) is 0 Å². The minimum absolute atomic E-state index is 0.460. The molecule has 0 saturated carbocycles. The molecule has 0 aliphatic heterocycles. The third-order valence-electron chi connectivity index (χ3n) is 1.24. The van der Waals surface area contributed by atoms with Gasteiger partial charge in [-0.25, -0.2) is 0 Å². The van der Waals surface area contributed by atoms with E-state index in [0.717, 1.165) is 0 Å². The molecule has 0 spiro atoms. The maximum atomic E-state index is 9.99. The van der Waals surface area contributed by atoms with Crippen molar-refractivity contribution in [3.8, 4) is 0 Å². The standard InChI is InChI=1S/C5H13O6P/c1-4(6)5(10-2)3-11-12(7,8)9/h4-6H,3H2,1-2H3,(H2,7,8,9)/p-2. The number of phosphoric acid groups is 1. The molecule has 0 rings (SSSR count). The van der Waals surface area contributed by atoms with Crippen LogP contribution in [0.1, 0.15) is 6.92 Å². The molecule has 74 valence electrons. The number of rotatable bonds is 5. The number of aliphatic hydroxyl groups excluding tert-OH is 1. The highest BCUT2D eigenvalue weighted by molar-refractivity contribution is 7.43. The summed E-state index contributed by atoms with van der Waals surface area (Å²) in [4.78, 5) is 20.0. The van der Waals surface area contributed by atoms with E-state index in [2.05, 4.69) is 9.26 Å². The third kappa shape index (κ3) is 5.65. The molecule has 0 fully saturated rings. The Bertz CT molecular complexity index is 163. The summed E-state index contributed by atoms with van der Waals surface area (Å²) in [5.74, 6) is 0. The summed E-state index contributed by atoms with van der Waals surface area (Å²) in [5, 5.41) is 8.91. The maximum absolute atomic E-state index is 9.99. The molecule has 0 aliphatic rings. The molecule has 1 N–H and O–H groups in total. The normalized spacial score (nSPS) is 17.4. The Morgan fingerprint density at radius 1 is 1.58 bits per heavy atom. The van der Waals surface area contributed by atoms with Gasteiger partial charge >= 0.3 is 0 Å². The van der Waals surface area contributed by atoms with Gasteiger partial charge in [0.1, 0.15) is 6.10 Å². The molecule has 6 nitrogen and oxygen atoms in total. The molecule has 2 unspecified atom stereocenters. The van der Waals surface area contributed by atoms with Crippen LogP contribution in [0.2, 0.25) is 0 Å². The van der Waals surface area contributed by atoms with Crippen LogP contribution in [0.3, 0.4) is 0 Å². The Labute approximate surface area is 70.4 Å². The molecular weight excluding hydrogens is 187 g/mol. The lowest BCUT2D eigenvalue weighted by atomic mass is 10.2. The highest BCUT2D eigenvalue weighted by Gasteiger charge is 2.14. The summed E-state index contributed by atoms with van der Waals surface area (Å²) in [7, 11) is -3.68. The Kier molecular flexibility index (Phi) is 4.92. The van der Waals surface area contributed by atoms with Gasteiger partial charge in [-0.1, -0.05) is 0 Å². The van der Waals surface area contributed by atoms with Crippen LogP contribution in [0.15, 0.2) is 0 Å². The zero-order valence-corrected chi connectivity index (χ0v) is 7.69. The Hall–Kier alpha value is 0.0300. The lowest BCUT2D eigenvalue weighted by molar-refractivity contribution is -0.343. The molecule has 12 heavy (non-hydrogen) atoms.